The number of rotatable bonds is 7. The van der Waals surface area contributed by atoms with E-state index in [0.717, 1.165) is 57.7 Å². The molecule has 3 aliphatic rings. The Morgan fingerprint density at radius 2 is 1.72 bits per heavy atom. The Labute approximate surface area is 276 Å². The average Bonchev–Trinajstić information content (AvgIpc) is 3.62. The van der Waals surface area contributed by atoms with Crippen LogP contribution in [0.2, 0.25) is 0 Å². The summed E-state index contributed by atoms with van der Waals surface area (Å²) in [7, 11) is 2.13. The van der Waals surface area contributed by atoms with Crippen molar-refractivity contribution in [1.82, 2.24) is 23.4 Å². The molecule has 11 nitrogen and oxygen atoms in total. The molecule has 3 heterocycles. The lowest BCUT2D eigenvalue weighted by atomic mass is 9.81. The van der Waals surface area contributed by atoms with Gasteiger partial charge in [-0.05, 0) is 72.7 Å². The van der Waals surface area contributed by atoms with E-state index in [1.54, 1.807) is 31.2 Å². The van der Waals surface area contributed by atoms with Crippen LogP contribution in [0.3, 0.4) is 0 Å². The summed E-state index contributed by atoms with van der Waals surface area (Å²) in [4.78, 5) is 43.1. The third-order valence-corrected chi connectivity index (χ3v) is 11.4. The van der Waals surface area contributed by atoms with Crippen LogP contribution in [0.15, 0.2) is 42.0 Å². The highest BCUT2D eigenvalue weighted by Gasteiger charge is 2.35. The van der Waals surface area contributed by atoms with Gasteiger partial charge in [-0.2, -0.15) is 12.7 Å². The monoisotopic (exact) mass is 661 g/mol. The van der Waals surface area contributed by atoms with Crippen LogP contribution in [0.4, 0.5) is 0 Å². The molecule has 1 saturated heterocycles. The zero-order valence-electron chi connectivity index (χ0n) is 27.7. The first-order valence-corrected chi connectivity index (χ1v) is 17.7. The largest absolute Gasteiger partial charge is 0.497 e. The molecule has 2 aliphatic heterocycles. The molecular formula is C35H43N5O6S. The number of methoxy groups -OCH3 is 1. The average molecular weight is 662 g/mol. The van der Waals surface area contributed by atoms with Crippen molar-refractivity contribution in [2.75, 3.05) is 41.3 Å². The van der Waals surface area contributed by atoms with Crippen LogP contribution < -0.4 is 9.46 Å². The second-order valence-corrected chi connectivity index (χ2v) is 15.0. The Hall–Kier alpha value is -4.16. The van der Waals surface area contributed by atoms with Crippen molar-refractivity contribution in [1.29, 1.82) is 0 Å². The van der Waals surface area contributed by atoms with Crippen molar-refractivity contribution < 1.29 is 27.5 Å². The predicted molar refractivity (Wildman–Crippen MR) is 181 cm³/mol. The summed E-state index contributed by atoms with van der Waals surface area (Å²) in [6.45, 7) is 2.80. The van der Waals surface area contributed by atoms with Crippen LogP contribution in [0, 0.1) is 0 Å². The zero-order chi connectivity index (χ0) is 33.6. The summed E-state index contributed by atoms with van der Waals surface area (Å²) in [5.74, 6) is 0.124. The van der Waals surface area contributed by atoms with Gasteiger partial charge < -0.3 is 19.1 Å². The molecule has 0 bridgehead atoms. The number of nitrogens with zero attached hydrogens (tertiary/aromatic N) is 4. The normalized spacial score (nSPS) is 18.4. The molecule has 2 aromatic carbocycles. The molecule has 47 heavy (non-hydrogen) atoms. The minimum absolute atomic E-state index is 0.0316. The van der Waals surface area contributed by atoms with E-state index in [1.807, 2.05) is 35.2 Å². The van der Waals surface area contributed by atoms with Crippen LogP contribution in [0.5, 0.6) is 5.75 Å². The number of likely N-dealkylation sites (N-methyl/N-ethyl adjacent to an activating group) is 1. The molecule has 1 aromatic heterocycles. The van der Waals surface area contributed by atoms with Gasteiger partial charge in [0.15, 0.2) is 0 Å². The van der Waals surface area contributed by atoms with Gasteiger partial charge in [-0.3, -0.25) is 14.4 Å². The van der Waals surface area contributed by atoms with Gasteiger partial charge >= 0.3 is 10.2 Å². The molecule has 1 unspecified atom stereocenters. The third-order valence-electron chi connectivity index (χ3n) is 10.0. The zero-order valence-corrected chi connectivity index (χ0v) is 28.5. The van der Waals surface area contributed by atoms with Gasteiger partial charge in [0.2, 0.25) is 5.91 Å². The number of aromatic nitrogens is 1. The SMILES string of the molecule is COc1ccc2c(c1)C=C(C(=O)N1CCC(N(C)C(C)=O)C1)Cn1c-2c(C2CCCCC2)c2ccc(C(=O)NS(=O)(=O)N(C)C)cc21. The number of carbonyl (C=O) groups is 3. The van der Waals surface area contributed by atoms with Crippen molar-refractivity contribution >= 4 is 44.9 Å². The highest BCUT2D eigenvalue weighted by Crippen LogP contribution is 2.47. The minimum Gasteiger partial charge on any atom is -0.497 e. The van der Waals surface area contributed by atoms with E-state index in [1.165, 1.54) is 33.0 Å². The lowest BCUT2D eigenvalue weighted by Gasteiger charge is -2.24. The molecule has 12 heteroatoms. The molecular weight excluding hydrogens is 618 g/mol. The summed E-state index contributed by atoms with van der Waals surface area (Å²) in [5.41, 5.74) is 5.63. The quantitative estimate of drug-likeness (QED) is 0.402. The van der Waals surface area contributed by atoms with E-state index in [2.05, 4.69) is 9.29 Å². The molecule has 2 fully saturated rings. The molecule has 6 rings (SSSR count). The van der Waals surface area contributed by atoms with Crippen LogP contribution in [0.25, 0.3) is 28.2 Å². The molecule has 3 amide bonds. The summed E-state index contributed by atoms with van der Waals surface area (Å²) in [5, 5.41) is 0.999. The summed E-state index contributed by atoms with van der Waals surface area (Å²) in [6.07, 6.45) is 8.18. The fourth-order valence-electron chi connectivity index (χ4n) is 7.28. The number of benzene rings is 2. The molecule has 1 aliphatic carbocycles. The van der Waals surface area contributed by atoms with Crippen LogP contribution >= 0.6 is 0 Å². The summed E-state index contributed by atoms with van der Waals surface area (Å²) in [6, 6.07) is 11.2. The molecule has 250 valence electrons. The molecule has 1 atom stereocenters. The number of hydrogen-bond donors (Lipinski definition) is 1. The van der Waals surface area contributed by atoms with E-state index in [4.69, 9.17) is 4.74 Å². The van der Waals surface area contributed by atoms with E-state index >= 15 is 0 Å². The van der Waals surface area contributed by atoms with Gasteiger partial charge in [0.1, 0.15) is 5.75 Å². The Morgan fingerprint density at radius 3 is 2.40 bits per heavy atom. The van der Waals surface area contributed by atoms with E-state index in [-0.39, 0.29) is 30.0 Å². The van der Waals surface area contributed by atoms with Crippen LogP contribution in [-0.2, 0) is 26.3 Å². The standard InChI is InChI=1S/C35H43N5O6S/c1-22(41)38(4)27-15-16-39(21-27)35(43)26-17-25-18-28(46-5)12-14-29(25)33-32(23-9-7-6-8-10-23)30-13-11-24(19-31(30)40(33)20-26)34(42)36-47(44,45)37(2)3/h11-14,17-19,23,27H,6-10,15-16,20-21H2,1-5H3,(H,36,42). The van der Waals surface area contributed by atoms with Gasteiger partial charge in [-0.15, -0.1) is 0 Å². The number of ether oxygens (including phenoxy) is 1. The van der Waals surface area contributed by atoms with Gasteiger partial charge in [-0.1, -0.05) is 25.3 Å². The fraction of sp³-hybridized carbons (Fsp3) is 0.457. The summed E-state index contributed by atoms with van der Waals surface area (Å²) >= 11 is 0. The lowest BCUT2D eigenvalue weighted by Crippen LogP contribution is -2.39. The highest BCUT2D eigenvalue weighted by atomic mass is 32.2. The van der Waals surface area contributed by atoms with E-state index < -0.39 is 16.1 Å². The highest BCUT2D eigenvalue weighted by molar-refractivity contribution is 7.87. The lowest BCUT2D eigenvalue weighted by molar-refractivity contribution is -0.131. The van der Waals surface area contributed by atoms with Gasteiger partial charge in [0.05, 0.1) is 25.4 Å². The first kappa shape index (κ1) is 32.8. The Balaban J connectivity index is 1.51. The number of nitrogens with one attached hydrogen (secondary N) is 1. The van der Waals surface area contributed by atoms with Crippen molar-refractivity contribution in [3.8, 4) is 17.0 Å². The van der Waals surface area contributed by atoms with Gasteiger partial charge in [-0.25, -0.2) is 4.72 Å². The fourth-order valence-corrected chi connectivity index (χ4v) is 7.82. The topological polar surface area (TPSA) is 121 Å². The second kappa shape index (κ2) is 12.8. The molecule has 0 radical (unpaired) electrons. The third kappa shape index (κ3) is 6.16. The number of carbonyl (C=O) groups excluding carboxylic acids is 3. The Bertz CT molecular complexity index is 1890. The molecule has 1 saturated carbocycles. The van der Waals surface area contributed by atoms with Crippen molar-refractivity contribution in [3.05, 3.63) is 58.7 Å². The Kier molecular flexibility index (Phi) is 8.92. The maximum Gasteiger partial charge on any atom is 0.303 e. The van der Waals surface area contributed by atoms with Gasteiger partial charge in [0.25, 0.3) is 11.8 Å². The van der Waals surface area contributed by atoms with Crippen molar-refractivity contribution in [2.24, 2.45) is 0 Å². The number of amides is 3. The van der Waals surface area contributed by atoms with E-state index in [0.29, 0.717) is 36.8 Å². The molecule has 3 aromatic rings. The smallest absolute Gasteiger partial charge is 0.303 e. The second-order valence-electron chi connectivity index (χ2n) is 13.1. The van der Waals surface area contributed by atoms with E-state index in [9.17, 15) is 22.8 Å². The molecule has 1 N–H and O–H groups in total. The number of fused-ring (bicyclic) bond motifs is 5. The summed E-state index contributed by atoms with van der Waals surface area (Å²) < 4.78 is 35.9. The maximum absolute atomic E-state index is 14.3. The number of likely N-dealkylation sites (tertiary alicyclic amines) is 1. The van der Waals surface area contributed by atoms with Gasteiger partial charge in [0, 0.05) is 68.8 Å². The first-order chi connectivity index (χ1) is 22.4. The van der Waals surface area contributed by atoms with Crippen molar-refractivity contribution in [3.63, 3.8) is 0 Å². The predicted octanol–water partition coefficient (Wildman–Crippen LogP) is 4.38. The first-order valence-electron chi connectivity index (χ1n) is 16.2. The number of hydrogen-bond acceptors (Lipinski definition) is 6. The van der Waals surface area contributed by atoms with Crippen molar-refractivity contribution in [2.45, 2.75) is 64.0 Å². The Morgan fingerprint density at radius 1 is 0.979 bits per heavy atom. The maximum atomic E-state index is 14.3. The minimum atomic E-state index is -3.99. The van der Waals surface area contributed by atoms with Crippen LogP contribution in [0.1, 0.15) is 72.9 Å². The van der Waals surface area contributed by atoms with Crippen LogP contribution in [-0.4, -0.2) is 92.2 Å². The molecule has 0 spiro atoms.